The van der Waals surface area contributed by atoms with Crippen LogP contribution in [0.2, 0.25) is 0 Å². The minimum Gasteiger partial charge on any atom is -0.462 e. The maximum Gasteiger partial charge on any atom is 0.321 e. The summed E-state index contributed by atoms with van der Waals surface area (Å²) in [6.07, 6.45) is 13.9. The van der Waals surface area contributed by atoms with Gasteiger partial charge in [-0.2, -0.15) is 0 Å². The monoisotopic (exact) mass is 290 g/mol. The highest BCUT2D eigenvalue weighted by atomic mass is 35.5. The largest absolute Gasteiger partial charge is 0.462 e. The van der Waals surface area contributed by atoms with E-state index in [0.29, 0.717) is 0 Å². The summed E-state index contributed by atoms with van der Waals surface area (Å²) in [7, 11) is 0. The summed E-state index contributed by atoms with van der Waals surface area (Å²) in [6, 6.07) is 0. The van der Waals surface area contributed by atoms with E-state index in [1.165, 1.54) is 51.4 Å². The zero-order valence-electron chi connectivity index (χ0n) is 12.8. The first kappa shape index (κ1) is 18.8. The molecule has 1 unspecified atom stereocenters. The SMILES string of the molecule is CCCCCCCCCCCC(CC)OC(=O)CCl. The molecule has 0 aliphatic heterocycles. The molecule has 0 amide bonds. The van der Waals surface area contributed by atoms with E-state index < -0.39 is 0 Å². The van der Waals surface area contributed by atoms with Crippen molar-refractivity contribution in [2.45, 2.75) is 90.6 Å². The molecule has 0 fully saturated rings. The Labute approximate surface area is 124 Å². The fourth-order valence-electron chi connectivity index (χ4n) is 2.25. The topological polar surface area (TPSA) is 26.3 Å². The number of alkyl halides is 1. The Morgan fingerprint density at radius 1 is 0.947 bits per heavy atom. The Bertz CT molecular complexity index is 207. The minimum absolute atomic E-state index is 0.0335. The van der Waals surface area contributed by atoms with E-state index in [0.717, 1.165) is 19.3 Å². The molecule has 0 radical (unpaired) electrons. The lowest BCUT2D eigenvalue weighted by atomic mass is 10.0. The molecule has 114 valence electrons. The predicted octanol–water partition coefficient (Wildman–Crippen LogP) is 5.47. The summed E-state index contributed by atoms with van der Waals surface area (Å²) >= 11 is 5.43. The van der Waals surface area contributed by atoms with Crippen molar-refractivity contribution >= 4 is 17.6 Å². The molecule has 2 nitrogen and oxygen atoms in total. The second-order valence-corrected chi connectivity index (χ2v) is 5.54. The molecule has 19 heavy (non-hydrogen) atoms. The molecule has 0 heterocycles. The molecule has 0 N–H and O–H groups in total. The average molecular weight is 291 g/mol. The Hall–Kier alpha value is -0.240. The van der Waals surface area contributed by atoms with Gasteiger partial charge < -0.3 is 4.74 Å². The van der Waals surface area contributed by atoms with Crippen molar-refractivity contribution in [1.29, 1.82) is 0 Å². The second-order valence-electron chi connectivity index (χ2n) is 5.27. The molecule has 0 aromatic carbocycles. The molecule has 0 spiro atoms. The van der Waals surface area contributed by atoms with Crippen molar-refractivity contribution in [3.8, 4) is 0 Å². The Morgan fingerprint density at radius 3 is 1.95 bits per heavy atom. The number of rotatable bonds is 13. The van der Waals surface area contributed by atoms with E-state index in [4.69, 9.17) is 16.3 Å². The zero-order chi connectivity index (χ0) is 14.3. The van der Waals surface area contributed by atoms with Crippen molar-refractivity contribution in [3.05, 3.63) is 0 Å². The first-order valence-electron chi connectivity index (χ1n) is 8.00. The van der Waals surface area contributed by atoms with Crippen molar-refractivity contribution in [3.63, 3.8) is 0 Å². The van der Waals surface area contributed by atoms with Gasteiger partial charge >= 0.3 is 5.97 Å². The number of halogens is 1. The lowest BCUT2D eigenvalue weighted by Gasteiger charge is -2.15. The van der Waals surface area contributed by atoms with Crippen LogP contribution >= 0.6 is 11.6 Å². The molecule has 0 aliphatic carbocycles. The van der Waals surface area contributed by atoms with E-state index in [-0.39, 0.29) is 18.0 Å². The first-order valence-corrected chi connectivity index (χ1v) is 8.53. The fraction of sp³-hybridized carbons (Fsp3) is 0.938. The quantitative estimate of drug-likeness (QED) is 0.255. The van der Waals surface area contributed by atoms with E-state index >= 15 is 0 Å². The van der Waals surface area contributed by atoms with Gasteiger partial charge in [0, 0.05) is 0 Å². The summed E-state index contributed by atoms with van der Waals surface area (Å²) in [6.45, 7) is 4.31. The number of ether oxygens (including phenoxy) is 1. The normalized spacial score (nSPS) is 12.4. The van der Waals surface area contributed by atoms with Gasteiger partial charge in [-0.05, 0) is 19.3 Å². The van der Waals surface area contributed by atoms with E-state index in [1.54, 1.807) is 0 Å². The summed E-state index contributed by atoms with van der Waals surface area (Å²) < 4.78 is 5.25. The lowest BCUT2D eigenvalue weighted by molar-refractivity contribution is -0.146. The number of unbranched alkanes of at least 4 members (excludes halogenated alkanes) is 8. The number of carbonyl (C=O) groups is 1. The van der Waals surface area contributed by atoms with Gasteiger partial charge in [-0.3, -0.25) is 4.79 Å². The van der Waals surface area contributed by atoms with Crippen LogP contribution in [-0.4, -0.2) is 18.0 Å². The molecule has 0 rings (SSSR count). The van der Waals surface area contributed by atoms with Crippen LogP contribution in [0.1, 0.15) is 84.5 Å². The van der Waals surface area contributed by atoms with Crippen LogP contribution in [0.5, 0.6) is 0 Å². The van der Waals surface area contributed by atoms with Crippen LogP contribution in [-0.2, 0) is 9.53 Å². The summed E-state index contributed by atoms with van der Waals surface area (Å²) in [4.78, 5) is 11.1. The smallest absolute Gasteiger partial charge is 0.321 e. The third-order valence-electron chi connectivity index (χ3n) is 3.49. The van der Waals surface area contributed by atoms with Gasteiger partial charge in [-0.1, -0.05) is 65.2 Å². The predicted molar refractivity (Wildman–Crippen MR) is 82.7 cm³/mol. The van der Waals surface area contributed by atoms with Crippen LogP contribution in [0.3, 0.4) is 0 Å². The third kappa shape index (κ3) is 12.5. The van der Waals surface area contributed by atoms with Gasteiger partial charge in [-0.25, -0.2) is 0 Å². The molecule has 0 aromatic rings. The summed E-state index contributed by atoms with van der Waals surface area (Å²) in [5.74, 6) is -0.321. The molecule has 0 saturated carbocycles. The van der Waals surface area contributed by atoms with Crippen molar-refractivity contribution in [2.24, 2.45) is 0 Å². The van der Waals surface area contributed by atoms with Crippen LogP contribution in [0, 0.1) is 0 Å². The average Bonchev–Trinajstić information content (AvgIpc) is 2.43. The number of hydrogen-bond acceptors (Lipinski definition) is 2. The Morgan fingerprint density at radius 2 is 1.47 bits per heavy atom. The zero-order valence-corrected chi connectivity index (χ0v) is 13.5. The molecule has 3 heteroatoms. The van der Waals surface area contributed by atoms with Crippen LogP contribution in [0.25, 0.3) is 0 Å². The van der Waals surface area contributed by atoms with Crippen LogP contribution in [0.15, 0.2) is 0 Å². The molecule has 1 atom stereocenters. The molecule has 0 aromatic heterocycles. The van der Waals surface area contributed by atoms with Crippen molar-refractivity contribution < 1.29 is 9.53 Å². The maximum atomic E-state index is 11.1. The van der Waals surface area contributed by atoms with Crippen molar-refractivity contribution in [2.75, 3.05) is 5.88 Å². The summed E-state index contributed by atoms with van der Waals surface area (Å²) in [5, 5.41) is 0. The molecule has 0 saturated heterocycles. The van der Waals surface area contributed by atoms with Crippen LogP contribution < -0.4 is 0 Å². The van der Waals surface area contributed by atoms with E-state index in [1.807, 2.05) is 0 Å². The first-order chi connectivity index (χ1) is 9.24. The molecular weight excluding hydrogens is 260 g/mol. The minimum atomic E-state index is -0.288. The van der Waals surface area contributed by atoms with Crippen LogP contribution in [0.4, 0.5) is 0 Å². The Kier molecular flexibility index (Phi) is 14.0. The van der Waals surface area contributed by atoms with Gasteiger partial charge in [0.1, 0.15) is 12.0 Å². The number of esters is 1. The second kappa shape index (κ2) is 14.2. The molecule has 0 bridgehead atoms. The highest BCUT2D eigenvalue weighted by molar-refractivity contribution is 6.26. The molecule has 0 aliphatic rings. The van der Waals surface area contributed by atoms with Crippen molar-refractivity contribution in [1.82, 2.24) is 0 Å². The number of carbonyl (C=O) groups excluding carboxylic acids is 1. The summed E-state index contributed by atoms with van der Waals surface area (Å²) in [5.41, 5.74) is 0. The third-order valence-corrected chi connectivity index (χ3v) is 3.71. The molecular formula is C16H31ClO2. The van der Waals surface area contributed by atoms with Gasteiger partial charge in [0.25, 0.3) is 0 Å². The van der Waals surface area contributed by atoms with Gasteiger partial charge in [-0.15, -0.1) is 11.6 Å². The van der Waals surface area contributed by atoms with E-state index in [9.17, 15) is 4.79 Å². The lowest BCUT2D eigenvalue weighted by Crippen LogP contribution is -2.18. The maximum absolute atomic E-state index is 11.1. The van der Waals surface area contributed by atoms with Gasteiger partial charge in [0.05, 0.1) is 0 Å². The van der Waals surface area contributed by atoms with Gasteiger partial charge in [0.15, 0.2) is 0 Å². The van der Waals surface area contributed by atoms with E-state index in [2.05, 4.69) is 13.8 Å². The highest BCUT2D eigenvalue weighted by Crippen LogP contribution is 2.14. The highest BCUT2D eigenvalue weighted by Gasteiger charge is 2.10. The standard InChI is InChI=1S/C16H31ClO2/c1-3-5-6-7-8-9-10-11-12-13-15(4-2)19-16(18)14-17/h15H,3-14H2,1-2H3. The number of hydrogen-bond donors (Lipinski definition) is 0. The fourth-order valence-corrected chi connectivity index (χ4v) is 2.31. The van der Waals surface area contributed by atoms with Gasteiger partial charge in [0.2, 0.25) is 0 Å². The Balaban J connectivity index is 3.33.